The van der Waals surface area contributed by atoms with E-state index in [4.69, 9.17) is 4.74 Å². The summed E-state index contributed by atoms with van der Waals surface area (Å²) in [6, 6.07) is 16.7. The van der Waals surface area contributed by atoms with E-state index in [-0.39, 0.29) is 12.5 Å². The molecule has 22 heavy (non-hydrogen) atoms. The molecule has 0 fully saturated rings. The van der Waals surface area contributed by atoms with Crippen molar-refractivity contribution < 1.29 is 14.3 Å². The Kier molecular flexibility index (Phi) is 5.72. The van der Waals surface area contributed by atoms with Crippen LogP contribution in [0, 0.1) is 0 Å². The number of hydrogen-bond donors (Lipinski definition) is 0. The smallest absolute Gasteiger partial charge is 0.254 e. The Morgan fingerprint density at radius 3 is 2.36 bits per heavy atom. The molecule has 0 unspecified atom stereocenters. The number of ether oxygens (including phenoxy) is 1. The minimum atomic E-state index is -0.0201. The zero-order valence-corrected chi connectivity index (χ0v) is 12.6. The Labute approximate surface area is 130 Å². The second-order valence-corrected chi connectivity index (χ2v) is 4.81. The van der Waals surface area contributed by atoms with Crippen molar-refractivity contribution in [3.05, 3.63) is 65.7 Å². The average molecular weight is 297 g/mol. The molecule has 0 bridgehead atoms. The molecule has 0 radical (unpaired) electrons. The van der Waals surface area contributed by atoms with Crippen molar-refractivity contribution in [2.75, 3.05) is 13.2 Å². The monoisotopic (exact) mass is 297 g/mol. The Hall–Kier alpha value is -2.62. The van der Waals surface area contributed by atoms with Crippen LogP contribution < -0.4 is 4.74 Å². The van der Waals surface area contributed by atoms with Gasteiger partial charge in [-0.05, 0) is 36.8 Å². The topological polar surface area (TPSA) is 46.6 Å². The second kappa shape index (κ2) is 7.98. The third-order valence-corrected chi connectivity index (χ3v) is 3.30. The fourth-order valence-corrected chi connectivity index (χ4v) is 2.14. The van der Waals surface area contributed by atoms with Crippen LogP contribution in [0.5, 0.6) is 5.75 Å². The lowest BCUT2D eigenvalue weighted by Crippen LogP contribution is -2.30. The third kappa shape index (κ3) is 4.19. The van der Waals surface area contributed by atoms with Crippen LogP contribution in [0.15, 0.2) is 54.6 Å². The number of rotatable bonds is 7. The summed E-state index contributed by atoms with van der Waals surface area (Å²) < 4.78 is 5.18. The normalized spacial score (nSPS) is 10.0. The first-order valence-electron chi connectivity index (χ1n) is 7.24. The Morgan fingerprint density at radius 2 is 1.77 bits per heavy atom. The summed E-state index contributed by atoms with van der Waals surface area (Å²) in [4.78, 5) is 24.6. The minimum absolute atomic E-state index is 0.0163. The zero-order chi connectivity index (χ0) is 15.8. The van der Waals surface area contributed by atoms with E-state index in [0.29, 0.717) is 30.7 Å². The molecule has 0 atom stereocenters. The number of nitrogens with zero attached hydrogens (tertiary/aromatic N) is 1. The highest BCUT2D eigenvalue weighted by Gasteiger charge is 2.14. The van der Waals surface area contributed by atoms with Crippen LogP contribution >= 0.6 is 0 Å². The van der Waals surface area contributed by atoms with Gasteiger partial charge in [0.05, 0.1) is 0 Å². The predicted octanol–water partition coefficient (Wildman–Crippen LogP) is 2.93. The van der Waals surface area contributed by atoms with Crippen LogP contribution in [0.25, 0.3) is 0 Å². The maximum atomic E-state index is 12.5. The van der Waals surface area contributed by atoms with Crippen LogP contribution in [-0.2, 0) is 11.3 Å². The van der Waals surface area contributed by atoms with Crippen molar-refractivity contribution in [3.8, 4) is 5.75 Å². The molecule has 4 nitrogen and oxygen atoms in total. The molecule has 4 heteroatoms. The van der Waals surface area contributed by atoms with Crippen molar-refractivity contribution in [2.45, 2.75) is 13.5 Å². The summed E-state index contributed by atoms with van der Waals surface area (Å²) in [6.45, 7) is 3.20. The number of aldehydes is 1. The van der Waals surface area contributed by atoms with Gasteiger partial charge in [-0.1, -0.05) is 30.3 Å². The van der Waals surface area contributed by atoms with Crippen LogP contribution in [0.1, 0.15) is 22.8 Å². The van der Waals surface area contributed by atoms with Gasteiger partial charge in [0.2, 0.25) is 0 Å². The quantitative estimate of drug-likeness (QED) is 0.738. The zero-order valence-electron chi connectivity index (χ0n) is 12.6. The predicted molar refractivity (Wildman–Crippen MR) is 84.9 cm³/mol. The van der Waals surface area contributed by atoms with E-state index in [9.17, 15) is 9.59 Å². The summed E-state index contributed by atoms with van der Waals surface area (Å²) in [5, 5.41) is 0. The van der Waals surface area contributed by atoms with Gasteiger partial charge in [-0.25, -0.2) is 0 Å². The lowest BCUT2D eigenvalue weighted by atomic mass is 10.1. The first-order valence-corrected chi connectivity index (χ1v) is 7.24. The van der Waals surface area contributed by atoms with E-state index < -0.39 is 0 Å². The maximum Gasteiger partial charge on any atom is 0.254 e. The Bertz CT molecular complexity index is 608. The average Bonchev–Trinajstić information content (AvgIpc) is 2.58. The molecule has 0 aliphatic carbocycles. The SMILES string of the molecule is CCN(Cc1ccccc1)C(=O)c1ccc(OCC=O)cc1. The standard InChI is InChI=1S/C18H19NO3/c1-2-19(14-15-6-4-3-5-7-15)18(21)16-8-10-17(11-9-16)22-13-12-20/h3-12H,2,13-14H2,1H3. The fraction of sp³-hybridized carbons (Fsp3) is 0.222. The minimum Gasteiger partial charge on any atom is -0.486 e. The van der Waals surface area contributed by atoms with E-state index >= 15 is 0 Å². The first-order chi connectivity index (χ1) is 10.7. The maximum absolute atomic E-state index is 12.5. The van der Waals surface area contributed by atoms with E-state index in [1.807, 2.05) is 37.3 Å². The lowest BCUT2D eigenvalue weighted by molar-refractivity contribution is -0.109. The van der Waals surface area contributed by atoms with E-state index in [2.05, 4.69) is 0 Å². The molecule has 2 rings (SSSR count). The van der Waals surface area contributed by atoms with Crippen molar-refractivity contribution in [2.24, 2.45) is 0 Å². The van der Waals surface area contributed by atoms with Crippen LogP contribution in [-0.4, -0.2) is 30.2 Å². The summed E-state index contributed by atoms with van der Waals surface area (Å²) in [5.41, 5.74) is 1.71. The third-order valence-electron chi connectivity index (χ3n) is 3.30. The molecule has 1 amide bonds. The molecular formula is C18H19NO3. The van der Waals surface area contributed by atoms with Crippen LogP contribution in [0.3, 0.4) is 0 Å². The molecule has 0 aliphatic heterocycles. The Balaban J connectivity index is 2.06. The Morgan fingerprint density at radius 1 is 1.09 bits per heavy atom. The van der Waals surface area contributed by atoms with Gasteiger partial charge in [-0.2, -0.15) is 0 Å². The van der Waals surface area contributed by atoms with E-state index in [1.165, 1.54) is 0 Å². The molecule has 114 valence electrons. The fourth-order valence-electron chi connectivity index (χ4n) is 2.14. The summed E-state index contributed by atoms with van der Waals surface area (Å²) in [6.07, 6.45) is 0.692. The molecule has 0 saturated carbocycles. The summed E-state index contributed by atoms with van der Waals surface area (Å²) >= 11 is 0. The number of hydrogen-bond acceptors (Lipinski definition) is 3. The van der Waals surface area contributed by atoms with Gasteiger partial charge in [0.25, 0.3) is 5.91 Å². The molecule has 0 spiro atoms. The molecule has 0 aromatic heterocycles. The number of benzene rings is 2. The molecular weight excluding hydrogens is 278 g/mol. The highest BCUT2D eigenvalue weighted by atomic mass is 16.5. The van der Waals surface area contributed by atoms with Crippen LogP contribution in [0.4, 0.5) is 0 Å². The van der Waals surface area contributed by atoms with Gasteiger partial charge in [0.15, 0.2) is 6.29 Å². The summed E-state index contributed by atoms with van der Waals surface area (Å²) in [5.74, 6) is 0.558. The van der Waals surface area contributed by atoms with Crippen molar-refractivity contribution in [3.63, 3.8) is 0 Å². The van der Waals surface area contributed by atoms with Gasteiger partial charge < -0.3 is 9.64 Å². The van der Waals surface area contributed by atoms with Gasteiger partial charge in [0, 0.05) is 18.7 Å². The largest absolute Gasteiger partial charge is 0.486 e. The highest BCUT2D eigenvalue weighted by molar-refractivity contribution is 5.94. The molecule has 0 N–H and O–H groups in total. The number of carbonyl (C=O) groups excluding carboxylic acids is 2. The molecule has 0 heterocycles. The second-order valence-electron chi connectivity index (χ2n) is 4.81. The van der Waals surface area contributed by atoms with Crippen molar-refractivity contribution in [1.82, 2.24) is 4.90 Å². The van der Waals surface area contributed by atoms with Crippen molar-refractivity contribution in [1.29, 1.82) is 0 Å². The molecule has 0 saturated heterocycles. The van der Waals surface area contributed by atoms with Crippen LogP contribution in [0.2, 0.25) is 0 Å². The first kappa shape index (κ1) is 15.8. The van der Waals surface area contributed by atoms with E-state index in [0.717, 1.165) is 5.56 Å². The molecule has 0 aliphatic rings. The number of carbonyl (C=O) groups is 2. The van der Waals surface area contributed by atoms with Gasteiger partial charge in [-0.3, -0.25) is 9.59 Å². The molecule has 2 aromatic rings. The van der Waals surface area contributed by atoms with E-state index in [1.54, 1.807) is 29.2 Å². The molecule has 2 aromatic carbocycles. The highest BCUT2D eigenvalue weighted by Crippen LogP contribution is 2.15. The summed E-state index contributed by atoms with van der Waals surface area (Å²) in [7, 11) is 0. The van der Waals surface area contributed by atoms with Gasteiger partial charge in [0.1, 0.15) is 12.4 Å². The van der Waals surface area contributed by atoms with Gasteiger partial charge >= 0.3 is 0 Å². The van der Waals surface area contributed by atoms with Crippen molar-refractivity contribution >= 4 is 12.2 Å². The van der Waals surface area contributed by atoms with Gasteiger partial charge in [-0.15, -0.1) is 0 Å². The number of amides is 1. The lowest BCUT2D eigenvalue weighted by Gasteiger charge is -2.21.